The van der Waals surface area contributed by atoms with Gasteiger partial charge >= 0.3 is 5.97 Å². The molecule has 1 fully saturated rings. The lowest BCUT2D eigenvalue weighted by atomic mass is 9.52. The third-order valence-corrected chi connectivity index (χ3v) is 5.49. The Kier molecular flexibility index (Phi) is 2.57. The van der Waals surface area contributed by atoms with E-state index in [-0.39, 0.29) is 18.5 Å². The number of aliphatic hydroxyl groups is 3. The van der Waals surface area contributed by atoms with Gasteiger partial charge in [-0.25, -0.2) is 4.79 Å². The van der Waals surface area contributed by atoms with Gasteiger partial charge in [0.25, 0.3) is 0 Å². The van der Waals surface area contributed by atoms with E-state index in [2.05, 4.69) is 0 Å². The molecule has 110 valence electrons. The molecule has 0 bridgehead atoms. The SMILES string of the molecule is CC1=C2C[C@]3(O)[C@@](C)(O)[C@@H](O)C=C[C@]3(C)C[C@@H]2OC1=O. The lowest BCUT2D eigenvalue weighted by molar-refractivity contribution is -0.240. The lowest BCUT2D eigenvalue weighted by Gasteiger charge is -2.58. The number of esters is 1. The van der Waals surface area contributed by atoms with Crippen LogP contribution in [0.3, 0.4) is 0 Å². The zero-order valence-corrected chi connectivity index (χ0v) is 11.9. The molecule has 3 rings (SSSR count). The van der Waals surface area contributed by atoms with E-state index in [1.807, 2.05) is 6.92 Å². The molecular formula is C15H20O5. The topological polar surface area (TPSA) is 87.0 Å². The second-order valence-corrected chi connectivity index (χ2v) is 6.65. The first-order valence-corrected chi connectivity index (χ1v) is 6.85. The van der Waals surface area contributed by atoms with E-state index >= 15 is 0 Å². The number of hydrogen-bond acceptors (Lipinski definition) is 5. The van der Waals surface area contributed by atoms with Crippen LogP contribution in [0.2, 0.25) is 0 Å². The van der Waals surface area contributed by atoms with E-state index in [1.54, 1.807) is 13.0 Å². The maximum atomic E-state index is 11.7. The zero-order chi connectivity index (χ0) is 14.9. The largest absolute Gasteiger partial charge is 0.454 e. The highest BCUT2D eigenvalue weighted by Gasteiger charge is 2.65. The number of hydrogen-bond donors (Lipinski definition) is 3. The predicted octanol–water partition coefficient (Wildman–Crippen LogP) is 0.441. The van der Waals surface area contributed by atoms with Gasteiger partial charge < -0.3 is 20.1 Å². The standard InChI is InChI=1S/C15H20O5/c1-8-9-6-15(19)13(2,7-10(9)20-12(8)17)5-4-11(16)14(15,3)18/h4-5,10-11,16,18-19H,6-7H2,1-3H3/t10-,11-,13+,14-,15+/m0/s1. The number of fused-ring (bicyclic) bond motifs is 2. The maximum Gasteiger partial charge on any atom is 0.334 e. The van der Waals surface area contributed by atoms with Crippen molar-refractivity contribution in [1.29, 1.82) is 0 Å². The monoisotopic (exact) mass is 280 g/mol. The molecule has 0 radical (unpaired) electrons. The number of carbonyl (C=O) groups excluding carboxylic acids is 1. The van der Waals surface area contributed by atoms with Crippen molar-refractivity contribution in [3.05, 3.63) is 23.3 Å². The molecule has 1 aliphatic heterocycles. The first-order chi connectivity index (χ1) is 9.12. The highest BCUT2D eigenvalue weighted by Crippen LogP contribution is 2.57. The van der Waals surface area contributed by atoms with Crippen molar-refractivity contribution >= 4 is 5.97 Å². The first kappa shape index (κ1) is 13.8. The quantitative estimate of drug-likeness (QED) is 0.443. The average molecular weight is 280 g/mol. The fourth-order valence-corrected chi connectivity index (χ4v) is 3.80. The summed E-state index contributed by atoms with van der Waals surface area (Å²) in [7, 11) is 0. The van der Waals surface area contributed by atoms with Crippen LogP contribution in [0.1, 0.15) is 33.6 Å². The number of carbonyl (C=O) groups is 1. The van der Waals surface area contributed by atoms with Gasteiger partial charge in [0, 0.05) is 23.8 Å². The van der Waals surface area contributed by atoms with E-state index < -0.39 is 22.7 Å². The minimum absolute atomic E-state index is 0.125. The van der Waals surface area contributed by atoms with Crippen molar-refractivity contribution in [2.45, 2.75) is 57.0 Å². The van der Waals surface area contributed by atoms with Gasteiger partial charge in [-0.05, 0) is 19.4 Å². The van der Waals surface area contributed by atoms with Crippen molar-refractivity contribution < 1.29 is 24.9 Å². The van der Waals surface area contributed by atoms with Crippen LogP contribution < -0.4 is 0 Å². The zero-order valence-electron chi connectivity index (χ0n) is 11.9. The molecule has 2 aliphatic carbocycles. The first-order valence-electron chi connectivity index (χ1n) is 6.85. The van der Waals surface area contributed by atoms with Gasteiger partial charge in [-0.1, -0.05) is 19.1 Å². The highest BCUT2D eigenvalue weighted by atomic mass is 16.5. The molecule has 5 nitrogen and oxygen atoms in total. The lowest BCUT2D eigenvalue weighted by Crippen LogP contribution is -2.70. The molecule has 1 heterocycles. The predicted molar refractivity (Wildman–Crippen MR) is 70.6 cm³/mol. The molecule has 0 aromatic heterocycles. The van der Waals surface area contributed by atoms with Crippen LogP contribution >= 0.6 is 0 Å². The minimum atomic E-state index is -1.68. The van der Waals surface area contributed by atoms with Crippen molar-refractivity contribution in [3.63, 3.8) is 0 Å². The normalized spacial score (nSPS) is 50.8. The fraction of sp³-hybridized carbons (Fsp3) is 0.667. The fourth-order valence-electron chi connectivity index (χ4n) is 3.80. The van der Waals surface area contributed by atoms with Crippen LogP contribution in [-0.2, 0) is 9.53 Å². The second kappa shape index (κ2) is 3.72. The Hall–Kier alpha value is -1.17. The molecule has 5 atom stereocenters. The second-order valence-electron chi connectivity index (χ2n) is 6.65. The van der Waals surface area contributed by atoms with Gasteiger partial charge in [-0.3, -0.25) is 0 Å². The average Bonchev–Trinajstić information content (AvgIpc) is 2.61. The molecule has 0 amide bonds. The molecule has 0 aromatic carbocycles. The molecule has 20 heavy (non-hydrogen) atoms. The number of ether oxygens (including phenoxy) is 1. The Bertz CT molecular complexity index is 546. The van der Waals surface area contributed by atoms with E-state index in [0.717, 1.165) is 5.57 Å². The summed E-state index contributed by atoms with van der Waals surface area (Å²) in [5.74, 6) is -0.361. The van der Waals surface area contributed by atoms with Crippen LogP contribution in [0.5, 0.6) is 0 Å². The molecule has 0 saturated heterocycles. The third-order valence-electron chi connectivity index (χ3n) is 5.49. The van der Waals surface area contributed by atoms with Gasteiger partial charge in [0.15, 0.2) is 0 Å². The summed E-state index contributed by atoms with van der Waals surface area (Å²) < 4.78 is 5.33. The van der Waals surface area contributed by atoms with Crippen LogP contribution in [-0.4, -0.2) is 44.7 Å². The van der Waals surface area contributed by atoms with E-state index in [4.69, 9.17) is 4.74 Å². The number of aliphatic hydroxyl groups excluding tert-OH is 1. The molecule has 5 heteroatoms. The molecule has 3 aliphatic rings. The summed E-state index contributed by atoms with van der Waals surface area (Å²) in [6.45, 7) is 4.93. The minimum Gasteiger partial charge on any atom is -0.454 e. The van der Waals surface area contributed by atoms with Gasteiger partial charge in [0.1, 0.15) is 23.4 Å². The van der Waals surface area contributed by atoms with Crippen LogP contribution in [0.4, 0.5) is 0 Å². The van der Waals surface area contributed by atoms with Gasteiger partial charge in [-0.2, -0.15) is 0 Å². The highest BCUT2D eigenvalue weighted by molar-refractivity contribution is 5.91. The van der Waals surface area contributed by atoms with Crippen molar-refractivity contribution in [2.75, 3.05) is 0 Å². The van der Waals surface area contributed by atoms with E-state index in [9.17, 15) is 20.1 Å². The Morgan fingerprint density at radius 2 is 2.00 bits per heavy atom. The van der Waals surface area contributed by atoms with Gasteiger partial charge in [0.05, 0.1) is 0 Å². The summed E-state index contributed by atoms with van der Waals surface area (Å²) in [5.41, 5.74) is -2.73. The van der Waals surface area contributed by atoms with E-state index in [1.165, 1.54) is 13.0 Å². The van der Waals surface area contributed by atoms with Gasteiger partial charge in [-0.15, -0.1) is 0 Å². The molecule has 1 saturated carbocycles. The summed E-state index contributed by atoms with van der Waals surface area (Å²) in [6, 6.07) is 0. The smallest absolute Gasteiger partial charge is 0.334 e. The molecule has 0 aromatic rings. The van der Waals surface area contributed by atoms with Crippen molar-refractivity contribution in [3.8, 4) is 0 Å². The Labute approximate surface area is 117 Å². The maximum absolute atomic E-state index is 11.7. The number of rotatable bonds is 0. The third kappa shape index (κ3) is 1.40. The summed E-state index contributed by atoms with van der Waals surface area (Å²) >= 11 is 0. The molecule has 0 unspecified atom stereocenters. The Morgan fingerprint density at radius 3 is 2.65 bits per heavy atom. The molecule has 3 N–H and O–H groups in total. The Morgan fingerprint density at radius 1 is 1.35 bits per heavy atom. The molecular weight excluding hydrogens is 260 g/mol. The molecule has 0 spiro atoms. The van der Waals surface area contributed by atoms with Crippen molar-refractivity contribution in [1.82, 2.24) is 0 Å². The van der Waals surface area contributed by atoms with Crippen molar-refractivity contribution in [2.24, 2.45) is 5.41 Å². The van der Waals surface area contributed by atoms with Crippen LogP contribution in [0.15, 0.2) is 23.3 Å². The summed E-state index contributed by atoms with van der Waals surface area (Å²) in [6.07, 6.45) is 2.28. The van der Waals surface area contributed by atoms with Gasteiger partial charge in [0.2, 0.25) is 0 Å². The Balaban J connectivity index is 2.14. The van der Waals surface area contributed by atoms with E-state index in [0.29, 0.717) is 12.0 Å². The summed E-state index contributed by atoms with van der Waals surface area (Å²) in [5, 5.41) is 31.8. The summed E-state index contributed by atoms with van der Waals surface area (Å²) in [4.78, 5) is 11.7. The van der Waals surface area contributed by atoms with Crippen LogP contribution in [0, 0.1) is 5.41 Å². The van der Waals surface area contributed by atoms with Crippen LogP contribution in [0.25, 0.3) is 0 Å².